The molecule has 0 atom stereocenters. The van der Waals surface area contributed by atoms with E-state index in [1.54, 1.807) is 0 Å². The van der Waals surface area contributed by atoms with Crippen molar-refractivity contribution in [2.45, 2.75) is 0 Å². The van der Waals surface area contributed by atoms with Gasteiger partial charge in [0, 0.05) is 5.56 Å². The normalized spacial score (nSPS) is 10.7. The number of hydrogen-bond donors (Lipinski definition) is 1. The molecule has 0 bridgehead atoms. The van der Waals surface area contributed by atoms with Crippen molar-refractivity contribution < 1.29 is 18.7 Å². The Labute approximate surface area is 144 Å². The third kappa shape index (κ3) is 3.27. The number of aromatic nitrogens is 2. The first-order valence-corrected chi connectivity index (χ1v) is 7.33. The zero-order valence-electron chi connectivity index (χ0n) is 12.4. The molecule has 0 unspecified atom stereocenters. The Morgan fingerprint density at radius 3 is 2.52 bits per heavy atom. The van der Waals surface area contributed by atoms with E-state index < -0.39 is 28.7 Å². The molecule has 0 aliphatic carbocycles. The smallest absolute Gasteiger partial charge is 0.341 e. The van der Waals surface area contributed by atoms with E-state index in [0.717, 1.165) is 22.9 Å². The van der Waals surface area contributed by atoms with Gasteiger partial charge in [0.05, 0.1) is 16.4 Å². The van der Waals surface area contributed by atoms with E-state index >= 15 is 0 Å². The van der Waals surface area contributed by atoms with E-state index in [1.165, 1.54) is 30.3 Å². The molecule has 3 rings (SSSR count). The molecule has 1 heterocycles. The molecule has 0 aliphatic rings. The zero-order chi connectivity index (χ0) is 18.1. The lowest BCUT2D eigenvalue weighted by Crippen LogP contribution is -2.27. The van der Waals surface area contributed by atoms with Crippen LogP contribution in [0.25, 0.3) is 16.9 Å². The summed E-state index contributed by atoms with van der Waals surface area (Å²) in [7, 11) is 0. The molecule has 2 aromatic carbocycles. The van der Waals surface area contributed by atoms with Gasteiger partial charge < -0.3 is 5.11 Å². The van der Waals surface area contributed by atoms with Gasteiger partial charge in [-0.05, 0) is 36.4 Å². The van der Waals surface area contributed by atoms with Crippen LogP contribution in [-0.2, 0) is 0 Å². The molecule has 1 aromatic heterocycles. The van der Waals surface area contributed by atoms with Crippen LogP contribution in [0.2, 0.25) is 5.02 Å². The number of carboxylic acids is 1. The standard InChI is InChI=1S/C17H9ClF2N2O3/c18-13-5-4-9(6-14(13)20)15-8-12(17(24)25)16(23)22(21-15)11-3-1-2-10(19)7-11/h1-8H,(H,24,25). The quantitative estimate of drug-likeness (QED) is 0.773. The predicted octanol–water partition coefficient (Wildman–Crippen LogP) is 3.53. The number of rotatable bonds is 3. The van der Waals surface area contributed by atoms with Crippen LogP contribution in [-0.4, -0.2) is 20.9 Å². The van der Waals surface area contributed by atoms with Crippen molar-refractivity contribution in [1.29, 1.82) is 0 Å². The third-order valence-electron chi connectivity index (χ3n) is 3.41. The van der Waals surface area contributed by atoms with Gasteiger partial charge in [0.15, 0.2) is 0 Å². The Kier molecular flexibility index (Phi) is 4.33. The average Bonchev–Trinajstić information content (AvgIpc) is 2.57. The van der Waals surface area contributed by atoms with Crippen LogP contribution < -0.4 is 5.56 Å². The fourth-order valence-electron chi connectivity index (χ4n) is 2.23. The molecular formula is C17H9ClF2N2O3. The molecule has 0 saturated carbocycles. The number of halogens is 3. The van der Waals surface area contributed by atoms with Gasteiger partial charge in [-0.1, -0.05) is 23.7 Å². The van der Waals surface area contributed by atoms with Crippen molar-refractivity contribution in [3.05, 3.63) is 81.1 Å². The minimum absolute atomic E-state index is 0.0248. The van der Waals surface area contributed by atoms with Crippen molar-refractivity contribution in [3.63, 3.8) is 0 Å². The molecule has 0 saturated heterocycles. The second kappa shape index (κ2) is 6.45. The summed E-state index contributed by atoms with van der Waals surface area (Å²) in [5.41, 5.74) is -1.23. The van der Waals surface area contributed by atoms with Crippen molar-refractivity contribution in [2.24, 2.45) is 0 Å². The molecular weight excluding hydrogens is 354 g/mol. The number of carboxylic acid groups (broad SMARTS) is 1. The molecule has 1 N–H and O–H groups in total. The van der Waals surface area contributed by atoms with E-state index in [2.05, 4.69) is 5.10 Å². The van der Waals surface area contributed by atoms with Crippen LogP contribution in [0.4, 0.5) is 8.78 Å². The molecule has 3 aromatic rings. The summed E-state index contributed by atoms with van der Waals surface area (Å²) in [5.74, 6) is -2.82. The Hall–Kier alpha value is -3.06. The van der Waals surface area contributed by atoms with Gasteiger partial charge in [0.1, 0.15) is 17.2 Å². The maximum Gasteiger partial charge on any atom is 0.341 e. The summed E-state index contributed by atoms with van der Waals surface area (Å²) in [6.07, 6.45) is 0. The third-order valence-corrected chi connectivity index (χ3v) is 3.72. The number of carbonyl (C=O) groups is 1. The van der Waals surface area contributed by atoms with Gasteiger partial charge in [0.2, 0.25) is 0 Å². The Balaban J connectivity index is 2.29. The molecule has 0 aliphatic heterocycles. The van der Waals surface area contributed by atoms with E-state index in [9.17, 15) is 23.5 Å². The van der Waals surface area contributed by atoms with E-state index in [1.807, 2.05) is 0 Å². The fraction of sp³-hybridized carbons (Fsp3) is 0. The SMILES string of the molecule is O=C(O)c1cc(-c2ccc(Cl)c(F)c2)nn(-c2cccc(F)c2)c1=O. The number of aromatic carboxylic acids is 1. The minimum atomic E-state index is -1.48. The molecule has 8 heteroatoms. The molecule has 0 radical (unpaired) electrons. The largest absolute Gasteiger partial charge is 0.477 e. The first-order chi connectivity index (χ1) is 11.9. The summed E-state index contributed by atoms with van der Waals surface area (Å²) in [4.78, 5) is 23.7. The van der Waals surface area contributed by atoms with Gasteiger partial charge in [0.25, 0.3) is 5.56 Å². The van der Waals surface area contributed by atoms with Gasteiger partial charge >= 0.3 is 5.97 Å². The predicted molar refractivity (Wildman–Crippen MR) is 87.2 cm³/mol. The Morgan fingerprint density at radius 2 is 1.88 bits per heavy atom. The van der Waals surface area contributed by atoms with E-state index in [4.69, 9.17) is 11.6 Å². The zero-order valence-corrected chi connectivity index (χ0v) is 13.2. The summed E-state index contributed by atoms with van der Waals surface area (Å²) < 4.78 is 27.9. The van der Waals surface area contributed by atoms with Crippen LogP contribution in [0.5, 0.6) is 0 Å². The fourth-order valence-corrected chi connectivity index (χ4v) is 2.34. The van der Waals surface area contributed by atoms with Crippen molar-refractivity contribution >= 4 is 17.6 Å². The lowest BCUT2D eigenvalue weighted by atomic mass is 10.1. The highest BCUT2D eigenvalue weighted by Gasteiger charge is 2.17. The number of hydrogen-bond acceptors (Lipinski definition) is 3. The van der Waals surface area contributed by atoms with Gasteiger partial charge in [-0.3, -0.25) is 4.79 Å². The highest BCUT2D eigenvalue weighted by molar-refractivity contribution is 6.30. The van der Waals surface area contributed by atoms with Crippen LogP contribution in [0.15, 0.2) is 53.3 Å². The second-order valence-corrected chi connectivity index (χ2v) is 5.48. The van der Waals surface area contributed by atoms with E-state index in [0.29, 0.717) is 0 Å². The maximum atomic E-state index is 13.7. The molecule has 25 heavy (non-hydrogen) atoms. The average molecular weight is 363 g/mol. The molecule has 0 fully saturated rings. The lowest BCUT2D eigenvalue weighted by Gasteiger charge is -2.10. The van der Waals surface area contributed by atoms with Crippen molar-refractivity contribution in [2.75, 3.05) is 0 Å². The first-order valence-electron chi connectivity index (χ1n) is 6.96. The number of benzene rings is 2. The van der Waals surface area contributed by atoms with E-state index in [-0.39, 0.29) is 22.0 Å². The lowest BCUT2D eigenvalue weighted by molar-refractivity contribution is 0.0694. The summed E-state index contributed by atoms with van der Waals surface area (Å²) in [6.45, 7) is 0. The summed E-state index contributed by atoms with van der Waals surface area (Å²) in [6, 6.07) is 9.77. The summed E-state index contributed by atoms with van der Waals surface area (Å²) >= 11 is 5.63. The van der Waals surface area contributed by atoms with Crippen LogP contribution in [0.3, 0.4) is 0 Å². The summed E-state index contributed by atoms with van der Waals surface area (Å²) in [5, 5.41) is 13.2. The van der Waals surface area contributed by atoms with Crippen LogP contribution >= 0.6 is 11.6 Å². The highest BCUT2D eigenvalue weighted by atomic mass is 35.5. The molecule has 126 valence electrons. The van der Waals surface area contributed by atoms with Crippen molar-refractivity contribution in [1.82, 2.24) is 9.78 Å². The Bertz CT molecular complexity index is 1050. The van der Waals surface area contributed by atoms with Gasteiger partial charge in [-0.15, -0.1) is 0 Å². The monoisotopic (exact) mass is 362 g/mol. The van der Waals surface area contributed by atoms with Crippen molar-refractivity contribution in [3.8, 4) is 16.9 Å². The van der Waals surface area contributed by atoms with Crippen LogP contribution in [0, 0.1) is 11.6 Å². The topological polar surface area (TPSA) is 72.2 Å². The molecule has 0 spiro atoms. The van der Waals surface area contributed by atoms with Gasteiger partial charge in [-0.2, -0.15) is 9.78 Å². The minimum Gasteiger partial charge on any atom is -0.477 e. The first kappa shape index (κ1) is 16.8. The Morgan fingerprint density at radius 1 is 1.12 bits per heavy atom. The second-order valence-electron chi connectivity index (χ2n) is 5.07. The van der Waals surface area contributed by atoms with Crippen LogP contribution in [0.1, 0.15) is 10.4 Å². The molecule has 5 nitrogen and oxygen atoms in total. The highest BCUT2D eigenvalue weighted by Crippen LogP contribution is 2.23. The number of nitrogens with zero attached hydrogens (tertiary/aromatic N) is 2. The maximum absolute atomic E-state index is 13.7. The van der Waals surface area contributed by atoms with Gasteiger partial charge in [-0.25, -0.2) is 13.6 Å². The molecule has 0 amide bonds.